The Morgan fingerprint density at radius 2 is 2.00 bits per heavy atom. The van der Waals surface area contributed by atoms with E-state index in [1.807, 2.05) is 6.07 Å². The summed E-state index contributed by atoms with van der Waals surface area (Å²) in [4.78, 5) is 12.5. The molecule has 0 saturated carbocycles. The maximum Gasteiger partial charge on any atom is 0.256 e. The van der Waals surface area contributed by atoms with Crippen molar-refractivity contribution in [2.24, 2.45) is 0 Å². The van der Waals surface area contributed by atoms with Gasteiger partial charge < -0.3 is 20.1 Å². The van der Waals surface area contributed by atoms with Gasteiger partial charge in [0.15, 0.2) is 6.23 Å². The molecular formula is C14H19NO5. The third-order valence-electron chi connectivity index (χ3n) is 4.23. The molecule has 0 unspecified atom stereocenters. The van der Waals surface area contributed by atoms with E-state index in [4.69, 9.17) is 9.84 Å². The van der Waals surface area contributed by atoms with Gasteiger partial charge in [0.25, 0.3) is 5.56 Å². The van der Waals surface area contributed by atoms with Gasteiger partial charge in [-0.05, 0) is 37.3 Å². The van der Waals surface area contributed by atoms with Gasteiger partial charge in [-0.1, -0.05) is 0 Å². The molecule has 1 aromatic heterocycles. The van der Waals surface area contributed by atoms with Crippen LogP contribution in [0.15, 0.2) is 17.1 Å². The summed E-state index contributed by atoms with van der Waals surface area (Å²) < 4.78 is 6.73. The largest absolute Gasteiger partial charge is 0.394 e. The predicted molar refractivity (Wildman–Crippen MR) is 70.4 cm³/mol. The van der Waals surface area contributed by atoms with E-state index < -0.39 is 31.1 Å². The standard InChI is InChI=1S/C14H19NO5/c16-7-10-11(17)12(18)14(20-10)15-6-5-8-3-1-2-4-9(8)13(15)19/h5-6,10-12,14,16-18H,1-4,7H2/t10-,11-,12-,14-/m1/s1. The van der Waals surface area contributed by atoms with Crippen LogP contribution in [0.4, 0.5) is 0 Å². The van der Waals surface area contributed by atoms with Crippen LogP contribution in [0.3, 0.4) is 0 Å². The van der Waals surface area contributed by atoms with Gasteiger partial charge in [-0.25, -0.2) is 0 Å². The lowest BCUT2D eigenvalue weighted by molar-refractivity contribution is -0.0545. The highest BCUT2D eigenvalue weighted by atomic mass is 16.6. The number of aliphatic hydroxyl groups excluding tert-OH is 3. The first-order chi connectivity index (χ1) is 9.63. The fourth-order valence-electron chi connectivity index (χ4n) is 3.06. The number of aliphatic hydroxyl groups is 3. The Morgan fingerprint density at radius 1 is 1.25 bits per heavy atom. The maximum atomic E-state index is 12.5. The van der Waals surface area contributed by atoms with Crippen molar-refractivity contribution in [2.45, 2.75) is 50.2 Å². The molecule has 1 aromatic rings. The molecule has 1 saturated heterocycles. The molecule has 3 N–H and O–H groups in total. The number of hydrogen-bond acceptors (Lipinski definition) is 5. The minimum Gasteiger partial charge on any atom is -0.394 e. The highest BCUT2D eigenvalue weighted by Crippen LogP contribution is 2.29. The van der Waals surface area contributed by atoms with Crippen LogP contribution < -0.4 is 5.56 Å². The van der Waals surface area contributed by atoms with Gasteiger partial charge in [0, 0.05) is 11.8 Å². The summed E-state index contributed by atoms with van der Waals surface area (Å²) >= 11 is 0. The average molecular weight is 281 g/mol. The Balaban J connectivity index is 1.97. The Bertz CT molecular complexity index is 555. The van der Waals surface area contributed by atoms with Gasteiger partial charge >= 0.3 is 0 Å². The number of aromatic nitrogens is 1. The zero-order chi connectivity index (χ0) is 14.3. The molecule has 2 aliphatic rings. The van der Waals surface area contributed by atoms with Gasteiger partial charge in [0.1, 0.15) is 18.3 Å². The molecule has 0 spiro atoms. The minimum atomic E-state index is -1.22. The molecule has 1 fully saturated rings. The Labute approximate surface area is 116 Å². The van der Waals surface area contributed by atoms with E-state index >= 15 is 0 Å². The molecule has 3 rings (SSSR count). The number of hydrogen-bond donors (Lipinski definition) is 3. The van der Waals surface area contributed by atoms with Crippen LogP contribution in [-0.4, -0.2) is 44.8 Å². The molecule has 110 valence electrons. The Hall–Kier alpha value is -1.21. The third kappa shape index (κ3) is 2.09. The van der Waals surface area contributed by atoms with Crippen LogP contribution in [0, 0.1) is 0 Å². The molecule has 0 amide bonds. The van der Waals surface area contributed by atoms with Crippen LogP contribution in [0.25, 0.3) is 0 Å². The number of pyridine rings is 1. The summed E-state index contributed by atoms with van der Waals surface area (Å²) in [6.45, 7) is -0.394. The van der Waals surface area contributed by atoms with Crippen LogP contribution in [-0.2, 0) is 17.6 Å². The van der Waals surface area contributed by atoms with Crippen molar-refractivity contribution in [1.29, 1.82) is 0 Å². The lowest BCUT2D eigenvalue weighted by Crippen LogP contribution is -2.36. The van der Waals surface area contributed by atoms with Crippen molar-refractivity contribution in [3.8, 4) is 0 Å². The molecule has 1 aliphatic carbocycles. The lowest BCUT2D eigenvalue weighted by atomic mass is 9.93. The lowest BCUT2D eigenvalue weighted by Gasteiger charge is -2.21. The summed E-state index contributed by atoms with van der Waals surface area (Å²) in [5.74, 6) is 0. The van der Waals surface area contributed by atoms with Crippen LogP contribution in [0.5, 0.6) is 0 Å². The molecule has 2 heterocycles. The van der Waals surface area contributed by atoms with Crippen molar-refractivity contribution in [2.75, 3.05) is 6.61 Å². The van der Waals surface area contributed by atoms with Crippen LogP contribution in [0.1, 0.15) is 30.2 Å². The quantitative estimate of drug-likeness (QED) is 0.669. The average Bonchev–Trinajstić information content (AvgIpc) is 2.76. The smallest absolute Gasteiger partial charge is 0.256 e. The van der Waals surface area contributed by atoms with Crippen molar-refractivity contribution in [3.63, 3.8) is 0 Å². The second kappa shape index (κ2) is 5.29. The van der Waals surface area contributed by atoms with E-state index in [9.17, 15) is 15.0 Å². The SMILES string of the molecule is O=c1c2c(ccn1[C@@H]1O[C@H](CO)[C@@H](O)[C@H]1O)CCCC2. The Morgan fingerprint density at radius 3 is 2.70 bits per heavy atom. The first-order valence-electron chi connectivity index (χ1n) is 6.99. The highest BCUT2D eigenvalue weighted by Gasteiger charge is 2.43. The Kier molecular flexibility index (Phi) is 3.64. The molecule has 6 nitrogen and oxygen atoms in total. The highest BCUT2D eigenvalue weighted by molar-refractivity contribution is 5.26. The second-order valence-electron chi connectivity index (χ2n) is 5.47. The van der Waals surface area contributed by atoms with Gasteiger partial charge in [0.05, 0.1) is 6.61 Å². The fraction of sp³-hybridized carbons (Fsp3) is 0.643. The van der Waals surface area contributed by atoms with Gasteiger partial charge in [-0.3, -0.25) is 9.36 Å². The van der Waals surface area contributed by atoms with Crippen molar-refractivity contribution >= 4 is 0 Å². The van der Waals surface area contributed by atoms with E-state index in [0.717, 1.165) is 36.8 Å². The molecule has 6 heteroatoms. The van der Waals surface area contributed by atoms with E-state index in [1.165, 1.54) is 4.57 Å². The number of rotatable bonds is 2. The summed E-state index contributed by atoms with van der Waals surface area (Å²) in [5.41, 5.74) is 1.66. The van der Waals surface area contributed by atoms with E-state index in [2.05, 4.69) is 0 Å². The third-order valence-corrected chi connectivity index (χ3v) is 4.23. The second-order valence-corrected chi connectivity index (χ2v) is 5.47. The molecular weight excluding hydrogens is 262 g/mol. The maximum absolute atomic E-state index is 12.5. The van der Waals surface area contributed by atoms with E-state index in [0.29, 0.717) is 0 Å². The molecule has 0 radical (unpaired) electrons. The number of aryl methyl sites for hydroxylation is 1. The molecule has 20 heavy (non-hydrogen) atoms. The number of fused-ring (bicyclic) bond motifs is 1. The molecule has 4 atom stereocenters. The predicted octanol–water partition coefficient (Wildman–Crippen LogP) is -0.661. The van der Waals surface area contributed by atoms with Gasteiger partial charge in [0.2, 0.25) is 0 Å². The molecule has 0 bridgehead atoms. The van der Waals surface area contributed by atoms with Gasteiger partial charge in [-0.15, -0.1) is 0 Å². The van der Waals surface area contributed by atoms with Gasteiger partial charge in [-0.2, -0.15) is 0 Å². The number of ether oxygens (including phenoxy) is 1. The van der Waals surface area contributed by atoms with E-state index in [-0.39, 0.29) is 5.56 Å². The van der Waals surface area contributed by atoms with Crippen molar-refractivity contribution in [1.82, 2.24) is 4.57 Å². The fourth-order valence-corrected chi connectivity index (χ4v) is 3.06. The zero-order valence-corrected chi connectivity index (χ0v) is 11.1. The topological polar surface area (TPSA) is 91.9 Å². The molecule has 1 aliphatic heterocycles. The normalized spacial score (nSPS) is 33.1. The first kappa shape index (κ1) is 13.8. The van der Waals surface area contributed by atoms with E-state index in [1.54, 1.807) is 6.20 Å². The monoisotopic (exact) mass is 281 g/mol. The number of nitrogens with zero attached hydrogens (tertiary/aromatic N) is 1. The zero-order valence-electron chi connectivity index (χ0n) is 11.1. The first-order valence-corrected chi connectivity index (χ1v) is 6.99. The summed E-state index contributed by atoms with van der Waals surface area (Å²) in [6.07, 6.45) is 1.11. The van der Waals surface area contributed by atoms with Crippen LogP contribution in [0.2, 0.25) is 0 Å². The van der Waals surface area contributed by atoms with Crippen molar-refractivity contribution in [3.05, 3.63) is 33.7 Å². The summed E-state index contributed by atoms with van der Waals surface area (Å²) in [6, 6.07) is 1.88. The van der Waals surface area contributed by atoms with Crippen molar-refractivity contribution < 1.29 is 20.1 Å². The molecule has 0 aromatic carbocycles. The minimum absolute atomic E-state index is 0.169. The van der Waals surface area contributed by atoms with Crippen LogP contribution >= 0.6 is 0 Å². The summed E-state index contributed by atoms with van der Waals surface area (Å²) in [5, 5.41) is 28.9. The summed E-state index contributed by atoms with van der Waals surface area (Å²) in [7, 11) is 0.